The van der Waals surface area contributed by atoms with Gasteiger partial charge in [-0.25, -0.2) is 9.13 Å². The van der Waals surface area contributed by atoms with Crippen molar-refractivity contribution in [3.63, 3.8) is 0 Å². The summed E-state index contributed by atoms with van der Waals surface area (Å²) in [5.41, 5.74) is 0. The molecule has 17 nitrogen and oxygen atoms in total. The van der Waals surface area contributed by atoms with Crippen molar-refractivity contribution < 1.29 is 80.2 Å². The van der Waals surface area contributed by atoms with Crippen LogP contribution < -0.4 is 0 Å². The summed E-state index contributed by atoms with van der Waals surface area (Å²) in [4.78, 5) is 72.4. The molecule has 4 unspecified atom stereocenters. The van der Waals surface area contributed by atoms with Gasteiger partial charge in [-0.2, -0.15) is 0 Å². The van der Waals surface area contributed by atoms with E-state index in [1.807, 2.05) is 0 Å². The van der Waals surface area contributed by atoms with Gasteiger partial charge in [0, 0.05) is 25.7 Å². The van der Waals surface area contributed by atoms with Gasteiger partial charge in [-0.15, -0.1) is 0 Å². The molecule has 0 spiro atoms. The molecule has 89 heavy (non-hydrogen) atoms. The Kier molecular flexibility index (Phi) is 60.8. The zero-order chi connectivity index (χ0) is 65.7. The molecule has 0 aliphatic rings. The molecule has 0 aliphatic heterocycles. The first-order chi connectivity index (χ1) is 42.9. The maximum Gasteiger partial charge on any atom is 0.472 e. The fourth-order valence-corrected chi connectivity index (χ4v) is 12.1. The Hall–Kier alpha value is -1.94. The van der Waals surface area contributed by atoms with Gasteiger partial charge < -0.3 is 33.8 Å². The fraction of sp³-hybridized carbons (Fsp3) is 0.943. The Morgan fingerprint density at radius 1 is 0.315 bits per heavy atom. The van der Waals surface area contributed by atoms with Crippen LogP contribution in [0.15, 0.2) is 0 Å². The molecule has 7 atom stereocenters. The highest BCUT2D eigenvalue weighted by molar-refractivity contribution is 7.47. The van der Waals surface area contributed by atoms with Crippen molar-refractivity contribution >= 4 is 39.5 Å². The number of aliphatic hydroxyl groups excluding tert-OH is 1. The number of carbonyl (C=O) groups excluding carboxylic acids is 4. The summed E-state index contributed by atoms with van der Waals surface area (Å²) < 4.78 is 68.1. The fourth-order valence-electron chi connectivity index (χ4n) is 10.5. The first kappa shape index (κ1) is 87.1. The third-order valence-electron chi connectivity index (χ3n) is 16.9. The summed E-state index contributed by atoms with van der Waals surface area (Å²) in [6, 6.07) is 0. The predicted molar refractivity (Wildman–Crippen MR) is 358 cm³/mol. The Morgan fingerprint density at radius 2 is 0.539 bits per heavy atom. The molecule has 0 bridgehead atoms. The van der Waals surface area contributed by atoms with E-state index in [2.05, 4.69) is 41.5 Å². The number of hydrogen-bond acceptors (Lipinski definition) is 15. The topological polar surface area (TPSA) is 237 Å². The Balaban J connectivity index is 5.16. The van der Waals surface area contributed by atoms with E-state index in [4.69, 9.17) is 37.0 Å². The van der Waals surface area contributed by atoms with Crippen LogP contribution in [0.4, 0.5) is 0 Å². The highest BCUT2D eigenvalue weighted by Gasteiger charge is 2.30. The molecule has 0 aromatic rings. The highest BCUT2D eigenvalue weighted by Crippen LogP contribution is 2.45. The standard InChI is InChI=1S/C70H136O17P2/c1-7-11-13-15-17-18-19-20-21-22-23-24-25-26-27-28-29-35-42-48-54-69(74)86-65(59-81-68(73)53-47-41-34-31-30-33-38-44-50-62(5)9-3)60-84-88(76,77)82-56-64(71)57-83-89(78,79)85-61-66(58-80-67(72)52-46-40-32-16-14-12-8-2)87-70(75)55-49-43-37-36-39-45-51-63(6)10-4/h62-66,71H,7-61H2,1-6H3,(H,76,77)(H,78,79)/t62?,63?,64-,65-,66-/m1/s1. The molecule has 528 valence electrons. The lowest BCUT2D eigenvalue weighted by Crippen LogP contribution is -2.30. The molecule has 0 aromatic heterocycles. The largest absolute Gasteiger partial charge is 0.472 e. The number of carbonyl (C=O) groups is 4. The van der Waals surface area contributed by atoms with Crippen molar-refractivity contribution in [1.29, 1.82) is 0 Å². The SMILES string of the molecule is CCCCCCCCCCCCCCCCCCCCCCC(=O)O[C@H](COC(=O)CCCCCCCCCCC(C)CC)COP(=O)(O)OC[C@@H](O)COP(=O)(O)OC[C@@H](COC(=O)CCCCCCCCC)OC(=O)CCCCCCCCC(C)CC. The van der Waals surface area contributed by atoms with E-state index >= 15 is 0 Å². The average Bonchev–Trinajstić information content (AvgIpc) is 3.71. The van der Waals surface area contributed by atoms with E-state index in [0.29, 0.717) is 25.7 Å². The maximum atomic E-state index is 13.0. The third-order valence-corrected chi connectivity index (χ3v) is 18.8. The summed E-state index contributed by atoms with van der Waals surface area (Å²) in [5.74, 6) is -0.635. The monoisotopic (exact) mass is 1310 g/mol. The van der Waals surface area contributed by atoms with E-state index in [1.165, 1.54) is 161 Å². The first-order valence-corrected chi connectivity index (χ1v) is 39.6. The number of aliphatic hydroxyl groups is 1. The zero-order valence-electron chi connectivity index (χ0n) is 57.7. The predicted octanol–water partition coefficient (Wildman–Crippen LogP) is 20.0. The molecule has 0 amide bonds. The summed E-state index contributed by atoms with van der Waals surface area (Å²) in [7, 11) is -9.89. The summed E-state index contributed by atoms with van der Waals surface area (Å²) in [5, 5.41) is 10.6. The van der Waals surface area contributed by atoms with Gasteiger partial charge in [0.15, 0.2) is 12.2 Å². The van der Waals surface area contributed by atoms with E-state index < -0.39 is 97.5 Å². The Labute approximate surface area is 543 Å². The van der Waals surface area contributed by atoms with Crippen LogP contribution >= 0.6 is 15.6 Å². The van der Waals surface area contributed by atoms with Crippen LogP contribution in [0, 0.1) is 11.8 Å². The normalized spacial score (nSPS) is 14.8. The Bertz CT molecular complexity index is 1740. The number of esters is 4. The van der Waals surface area contributed by atoms with E-state index in [-0.39, 0.29) is 25.7 Å². The molecule has 0 radical (unpaired) electrons. The van der Waals surface area contributed by atoms with Crippen molar-refractivity contribution in [3.05, 3.63) is 0 Å². The van der Waals surface area contributed by atoms with Crippen LogP contribution in [-0.2, 0) is 65.4 Å². The smallest absolute Gasteiger partial charge is 0.462 e. The van der Waals surface area contributed by atoms with Gasteiger partial charge in [-0.05, 0) is 37.5 Å². The Morgan fingerprint density at radius 3 is 0.798 bits per heavy atom. The summed E-state index contributed by atoms with van der Waals surface area (Å²) >= 11 is 0. The minimum Gasteiger partial charge on any atom is -0.462 e. The lowest BCUT2D eigenvalue weighted by molar-refractivity contribution is -0.161. The van der Waals surface area contributed by atoms with Crippen LogP contribution in [-0.4, -0.2) is 96.7 Å². The number of unbranched alkanes of at least 4 members (excludes halogenated alkanes) is 37. The lowest BCUT2D eigenvalue weighted by atomic mass is 9.99. The van der Waals surface area contributed by atoms with Crippen molar-refractivity contribution in [1.82, 2.24) is 0 Å². The van der Waals surface area contributed by atoms with Crippen molar-refractivity contribution in [2.24, 2.45) is 11.8 Å². The molecule has 0 rings (SSSR count). The summed E-state index contributed by atoms with van der Waals surface area (Å²) in [6.07, 6.45) is 47.5. The van der Waals surface area contributed by atoms with Crippen molar-refractivity contribution in [3.8, 4) is 0 Å². The third kappa shape index (κ3) is 62.0. The molecule has 0 saturated carbocycles. The second kappa shape index (κ2) is 62.2. The van der Waals surface area contributed by atoms with Crippen LogP contribution in [0.2, 0.25) is 0 Å². The number of rotatable bonds is 69. The molecular formula is C70H136O17P2. The molecule has 0 heterocycles. The number of ether oxygens (including phenoxy) is 4. The quantitative estimate of drug-likeness (QED) is 0.0222. The second-order valence-corrected chi connectivity index (χ2v) is 28.7. The van der Waals surface area contributed by atoms with E-state index in [9.17, 15) is 43.2 Å². The van der Waals surface area contributed by atoms with Crippen molar-refractivity contribution in [2.45, 2.75) is 374 Å². The number of hydrogen-bond donors (Lipinski definition) is 3. The molecule has 0 aliphatic carbocycles. The second-order valence-electron chi connectivity index (χ2n) is 25.8. The van der Waals surface area contributed by atoms with Crippen LogP contribution in [0.3, 0.4) is 0 Å². The van der Waals surface area contributed by atoms with Gasteiger partial charge in [-0.1, -0.05) is 305 Å². The number of phosphoric ester groups is 2. The highest BCUT2D eigenvalue weighted by atomic mass is 31.2. The number of phosphoric acid groups is 2. The van der Waals surface area contributed by atoms with Gasteiger partial charge in [0.05, 0.1) is 26.4 Å². The molecule has 3 N–H and O–H groups in total. The summed E-state index contributed by atoms with van der Waals surface area (Å²) in [6.45, 7) is 9.45. The molecule has 0 saturated heterocycles. The van der Waals surface area contributed by atoms with Crippen LogP contribution in [0.1, 0.15) is 356 Å². The zero-order valence-corrected chi connectivity index (χ0v) is 59.5. The molecule has 19 heteroatoms. The maximum absolute atomic E-state index is 13.0. The van der Waals surface area contributed by atoms with Gasteiger partial charge >= 0.3 is 39.5 Å². The average molecular weight is 1310 g/mol. The van der Waals surface area contributed by atoms with Crippen molar-refractivity contribution in [2.75, 3.05) is 39.6 Å². The van der Waals surface area contributed by atoms with E-state index in [0.717, 1.165) is 115 Å². The van der Waals surface area contributed by atoms with Gasteiger partial charge in [0.25, 0.3) is 0 Å². The molecule has 0 aromatic carbocycles. The minimum absolute atomic E-state index is 0.103. The molecule has 0 fully saturated rings. The van der Waals surface area contributed by atoms with Gasteiger partial charge in [0.1, 0.15) is 19.3 Å². The first-order valence-electron chi connectivity index (χ1n) is 36.6. The van der Waals surface area contributed by atoms with Gasteiger partial charge in [0.2, 0.25) is 0 Å². The van der Waals surface area contributed by atoms with Crippen LogP contribution in [0.5, 0.6) is 0 Å². The minimum atomic E-state index is -4.95. The molecular weight excluding hydrogens is 1170 g/mol. The van der Waals surface area contributed by atoms with Crippen LogP contribution in [0.25, 0.3) is 0 Å². The van der Waals surface area contributed by atoms with Gasteiger partial charge in [-0.3, -0.25) is 37.3 Å². The lowest BCUT2D eigenvalue weighted by Gasteiger charge is -2.21. The van der Waals surface area contributed by atoms with E-state index in [1.54, 1.807) is 0 Å².